The molecule has 0 N–H and O–H groups in total. The maximum atomic E-state index is 12.5. The Hall–Kier alpha value is -2.45. The smallest absolute Gasteiger partial charge is 0.306 e. The van der Waals surface area contributed by atoms with Crippen molar-refractivity contribution in [3.63, 3.8) is 0 Å². The minimum atomic E-state index is -3.56. The quantitative estimate of drug-likeness (QED) is 0.650. The average molecular weight is 404 g/mol. The van der Waals surface area contributed by atoms with Crippen LogP contribution in [0.25, 0.3) is 0 Å². The van der Waals surface area contributed by atoms with E-state index in [9.17, 15) is 18.0 Å². The van der Waals surface area contributed by atoms with Crippen molar-refractivity contribution in [2.75, 3.05) is 19.4 Å². The van der Waals surface area contributed by atoms with Crippen molar-refractivity contribution in [3.05, 3.63) is 69.6 Å². The third-order valence-electron chi connectivity index (χ3n) is 4.95. The number of aryl methyl sites for hydroxylation is 2. The average Bonchev–Trinajstić information content (AvgIpc) is 2.70. The molecule has 150 valence electrons. The van der Waals surface area contributed by atoms with Gasteiger partial charge >= 0.3 is 5.97 Å². The largest absolute Gasteiger partial charge is 0.469 e. The molecule has 0 saturated heterocycles. The van der Waals surface area contributed by atoms with Crippen LogP contribution in [0.5, 0.6) is 0 Å². The fraction of sp³-hybridized carbons (Fsp3) is 0.400. The zero-order valence-electron chi connectivity index (χ0n) is 15.8. The number of methoxy groups -OCH3 is 1. The normalized spacial score (nSPS) is 14.5. The molecule has 0 atom stereocenters. The van der Waals surface area contributed by atoms with Crippen molar-refractivity contribution < 1.29 is 17.9 Å². The zero-order valence-corrected chi connectivity index (χ0v) is 16.7. The van der Waals surface area contributed by atoms with Gasteiger partial charge in [-0.05, 0) is 29.5 Å². The van der Waals surface area contributed by atoms with E-state index >= 15 is 0 Å². The molecule has 0 unspecified atom stereocenters. The Morgan fingerprint density at radius 3 is 2.64 bits per heavy atom. The molecule has 28 heavy (non-hydrogen) atoms. The van der Waals surface area contributed by atoms with Crippen molar-refractivity contribution >= 4 is 16.0 Å². The van der Waals surface area contributed by atoms with Crippen LogP contribution in [0.15, 0.2) is 47.4 Å². The van der Waals surface area contributed by atoms with Gasteiger partial charge in [0.1, 0.15) is 0 Å². The summed E-state index contributed by atoms with van der Waals surface area (Å²) >= 11 is 0. The van der Waals surface area contributed by atoms with Gasteiger partial charge in [0.05, 0.1) is 19.3 Å². The van der Waals surface area contributed by atoms with Crippen molar-refractivity contribution in [1.82, 2.24) is 8.87 Å². The van der Waals surface area contributed by atoms with Crippen LogP contribution >= 0.6 is 0 Å². The third kappa shape index (κ3) is 4.88. The van der Waals surface area contributed by atoms with E-state index in [1.54, 1.807) is 16.8 Å². The summed E-state index contributed by atoms with van der Waals surface area (Å²) in [4.78, 5) is 23.6. The summed E-state index contributed by atoms with van der Waals surface area (Å²) < 4.78 is 32.6. The number of hydrogen-bond acceptors (Lipinski definition) is 5. The molecule has 1 aromatic carbocycles. The minimum absolute atomic E-state index is 0.0725. The third-order valence-corrected chi connectivity index (χ3v) is 6.77. The molecule has 7 nitrogen and oxygen atoms in total. The number of pyridine rings is 1. The predicted molar refractivity (Wildman–Crippen MR) is 105 cm³/mol. The number of sulfonamides is 1. The number of nitrogens with zero attached hydrogens (tertiary/aromatic N) is 2. The topological polar surface area (TPSA) is 85.7 Å². The standard InChI is InChI=1S/C20H24N2O5S/c1-27-20(24)9-12-28(25,26)22-11-8-17-13-19(23)21(14-18(17)15-22)10-7-16-5-3-2-4-6-16/h2-6,13-14H,7-12,15H2,1H3. The molecule has 8 heteroatoms. The SMILES string of the molecule is COC(=O)CCS(=O)(=O)N1CCc2cc(=O)n(CCc3ccccc3)cc2C1. The van der Waals surface area contributed by atoms with Crippen LogP contribution in [0, 0.1) is 0 Å². The molecule has 0 bridgehead atoms. The Balaban J connectivity index is 1.73. The molecule has 0 amide bonds. The molecule has 0 spiro atoms. The van der Waals surface area contributed by atoms with Gasteiger partial charge in [0, 0.05) is 31.9 Å². The number of ether oxygens (including phenoxy) is 1. The number of fused-ring (bicyclic) bond motifs is 1. The van der Waals surface area contributed by atoms with E-state index in [1.165, 1.54) is 11.4 Å². The summed E-state index contributed by atoms with van der Waals surface area (Å²) in [6.07, 6.45) is 2.81. The molecule has 2 heterocycles. The van der Waals surface area contributed by atoms with Crippen molar-refractivity contribution in [1.29, 1.82) is 0 Å². The van der Waals surface area contributed by atoms with Crippen LogP contribution in [0.2, 0.25) is 0 Å². The number of esters is 1. The van der Waals surface area contributed by atoms with Gasteiger partial charge in [-0.2, -0.15) is 4.31 Å². The highest BCUT2D eigenvalue weighted by atomic mass is 32.2. The van der Waals surface area contributed by atoms with Gasteiger partial charge in [-0.1, -0.05) is 30.3 Å². The Labute approximate surface area is 164 Å². The summed E-state index contributed by atoms with van der Waals surface area (Å²) in [5, 5.41) is 0. The van der Waals surface area contributed by atoms with E-state index in [2.05, 4.69) is 4.74 Å². The van der Waals surface area contributed by atoms with Crippen LogP contribution in [0.3, 0.4) is 0 Å². The lowest BCUT2D eigenvalue weighted by atomic mass is 10.0. The summed E-state index contributed by atoms with van der Waals surface area (Å²) in [5.41, 5.74) is 2.79. The van der Waals surface area contributed by atoms with E-state index in [-0.39, 0.29) is 24.3 Å². The molecular weight excluding hydrogens is 380 g/mol. The molecule has 0 aliphatic carbocycles. The fourth-order valence-corrected chi connectivity index (χ4v) is 4.69. The lowest BCUT2D eigenvalue weighted by Crippen LogP contribution is -2.39. The van der Waals surface area contributed by atoms with Crippen LogP contribution in [-0.2, 0) is 45.5 Å². The van der Waals surface area contributed by atoms with E-state index in [0.29, 0.717) is 19.5 Å². The van der Waals surface area contributed by atoms with Gasteiger partial charge in [0.25, 0.3) is 5.56 Å². The minimum Gasteiger partial charge on any atom is -0.469 e. The van der Waals surface area contributed by atoms with Crippen molar-refractivity contribution in [3.8, 4) is 0 Å². The number of rotatable bonds is 7. The summed E-state index contributed by atoms with van der Waals surface area (Å²) in [6.45, 7) is 1.06. The summed E-state index contributed by atoms with van der Waals surface area (Å²) in [5.74, 6) is -0.821. The molecule has 0 radical (unpaired) electrons. The Morgan fingerprint density at radius 2 is 1.93 bits per heavy atom. The number of hydrogen-bond donors (Lipinski definition) is 0. The second-order valence-corrected chi connectivity index (χ2v) is 8.91. The van der Waals surface area contributed by atoms with Gasteiger partial charge in [0.2, 0.25) is 10.0 Å². The van der Waals surface area contributed by atoms with Gasteiger partial charge in [-0.3, -0.25) is 9.59 Å². The molecular formula is C20H24N2O5S. The molecule has 2 aromatic rings. The van der Waals surface area contributed by atoms with E-state index in [0.717, 1.165) is 23.1 Å². The lowest BCUT2D eigenvalue weighted by molar-refractivity contribution is -0.140. The van der Waals surface area contributed by atoms with Crippen LogP contribution in [0.4, 0.5) is 0 Å². The van der Waals surface area contributed by atoms with Crippen molar-refractivity contribution in [2.45, 2.75) is 32.4 Å². The van der Waals surface area contributed by atoms with Crippen LogP contribution in [0.1, 0.15) is 23.1 Å². The Kier molecular flexibility index (Phi) is 6.31. The zero-order chi connectivity index (χ0) is 20.1. The second-order valence-electron chi connectivity index (χ2n) is 6.82. The molecule has 3 rings (SSSR count). The summed E-state index contributed by atoms with van der Waals surface area (Å²) in [7, 11) is -2.33. The highest BCUT2D eigenvalue weighted by Gasteiger charge is 2.28. The maximum absolute atomic E-state index is 12.5. The van der Waals surface area contributed by atoms with E-state index < -0.39 is 16.0 Å². The number of carbonyl (C=O) groups is 1. The first-order chi connectivity index (χ1) is 13.4. The van der Waals surface area contributed by atoms with Gasteiger partial charge in [0.15, 0.2) is 0 Å². The highest BCUT2D eigenvalue weighted by Crippen LogP contribution is 2.20. The number of carbonyl (C=O) groups excluding carboxylic acids is 1. The molecule has 0 fully saturated rings. The number of aromatic nitrogens is 1. The second kappa shape index (κ2) is 8.70. The van der Waals surface area contributed by atoms with Gasteiger partial charge in [-0.25, -0.2) is 8.42 Å². The Bertz CT molecular complexity index is 999. The maximum Gasteiger partial charge on any atom is 0.306 e. The first-order valence-electron chi connectivity index (χ1n) is 9.20. The number of benzene rings is 1. The van der Waals surface area contributed by atoms with Crippen LogP contribution in [-0.4, -0.2) is 42.7 Å². The van der Waals surface area contributed by atoms with Crippen LogP contribution < -0.4 is 5.56 Å². The summed E-state index contributed by atoms with van der Waals surface area (Å²) in [6, 6.07) is 11.5. The molecule has 1 aromatic heterocycles. The molecule has 1 aliphatic rings. The lowest BCUT2D eigenvalue weighted by Gasteiger charge is -2.28. The van der Waals surface area contributed by atoms with Gasteiger partial charge < -0.3 is 9.30 Å². The predicted octanol–water partition coefficient (Wildman–Crippen LogP) is 1.34. The highest BCUT2D eigenvalue weighted by molar-refractivity contribution is 7.89. The fourth-order valence-electron chi connectivity index (χ4n) is 3.30. The van der Waals surface area contributed by atoms with Crippen molar-refractivity contribution in [2.24, 2.45) is 0 Å². The van der Waals surface area contributed by atoms with E-state index in [4.69, 9.17) is 0 Å². The first kappa shape index (κ1) is 20.3. The van der Waals surface area contributed by atoms with E-state index in [1.807, 2.05) is 30.3 Å². The Morgan fingerprint density at radius 1 is 1.18 bits per heavy atom. The molecule has 1 aliphatic heterocycles. The van der Waals surface area contributed by atoms with Gasteiger partial charge in [-0.15, -0.1) is 0 Å². The monoisotopic (exact) mass is 404 g/mol. The molecule has 0 saturated carbocycles. The first-order valence-corrected chi connectivity index (χ1v) is 10.8.